The fourth-order valence-corrected chi connectivity index (χ4v) is 4.05. The van der Waals surface area contributed by atoms with Crippen LogP contribution in [0.3, 0.4) is 0 Å². The van der Waals surface area contributed by atoms with Crippen molar-refractivity contribution < 1.29 is 4.79 Å². The molecule has 1 atom stereocenters. The molecule has 1 saturated heterocycles. The number of thiazole rings is 1. The quantitative estimate of drug-likeness (QED) is 0.871. The fourth-order valence-electron chi connectivity index (χ4n) is 2.89. The van der Waals surface area contributed by atoms with Crippen molar-refractivity contribution in [3.8, 4) is 0 Å². The van der Waals surface area contributed by atoms with Crippen LogP contribution in [-0.2, 0) is 6.42 Å². The maximum absolute atomic E-state index is 13.1. The van der Waals surface area contributed by atoms with E-state index in [4.69, 9.17) is 11.6 Å². The van der Waals surface area contributed by atoms with Crippen molar-refractivity contribution in [1.82, 2.24) is 15.2 Å². The van der Waals surface area contributed by atoms with Gasteiger partial charge in [0.2, 0.25) is 0 Å². The third kappa shape index (κ3) is 3.91. The van der Waals surface area contributed by atoms with Gasteiger partial charge in [0.25, 0.3) is 5.91 Å². The number of nitrogens with one attached hydrogen (secondary N) is 1. The van der Waals surface area contributed by atoms with Crippen molar-refractivity contribution in [2.45, 2.75) is 26.3 Å². The van der Waals surface area contributed by atoms with Gasteiger partial charge in [-0.1, -0.05) is 30.7 Å². The van der Waals surface area contributed by atoms with E-state index >= 15 is 0 Å². The first-order chi connectivity index (χ1) is 11.1. The number of nitrogens with zero attached hydrogens (tertiary/aromatic N) is 2. The highest BCUT2D eigenvalue weighted by molar-refractivity contribution is 7.13. The van der Waals surface area contributed by atoms with Crippen molar-refractivity contribution >= 4 is 41.3 Å². The Morgan fingerprint density at radius 3 is 2.96 bits per heavy atom. The molecule has 1 aromatic carbocycles. The number of piperazine rings is 1. The first kappa shape index (κ1) is 19.2. The molecule has 0 saturated carbocycles. The van der Waals surface area contributed by atoms with Crippen LogP contribution in [-0.4, -0.2) is 35.4 Å². The van der Waals surface area contributed by atoms with Crippen LogP contribution in [0.4, 0.5) is 0 Å². The van der Waals surface area contributed by atoms with Crippen LogP contribution < -0.4 is 5.32 Å². The molecule has 130 valence electrons. The van der Waals surface area contributed by atoms with Gasteiger partial charge in [-0.2, -0.15) is 0 Å². The Bertz CT molecular complexity index is 720. The molecule has 4 nitrogen and oxygen atoms in total. The Morgan fingerprint density at radius 2 is 2.29 bits per heavy atom. The highest BCUT2D eigenvalue weighted by atomic mass is 35.5. The van der Waals surface area contributed by atoms with Gasteiger partial charge in [0.05, 0.1) is 16.7 Å². The molecule has 1 aliphatic rings. The average molecular weight is 386 g/mol. The standard InChI is InChI=1S/C17H20ClN3OS.ClH/c1-3-15-20-11(2)16(23-15)17(22)21-8-7-19-10-14(21)12-5-4-6-13(18)9-12;/h4-6,9,14,19H,3,7-8,10H2,1-2H3;1H. The molecule has 0 spiro atoms. The van der Waals surface area contributed by atoms with Crippen molar-refractivity contribution in [1.29, 1.82) is 0 Å². The van der Waals surface area contributed by atoms with Crippen LogP contribution >= 0.6 is 35.3 Å². The number of carbonyl (C=O) groups is 1. The zero-order chi connectivity index (χ0) is 16.4. The van der Waals surface area contributed by atoms with Crippen LogP contribution in [0.1, 0.15) is 38.9 Å². The molecule has 0 aliphatic carbocycles. The minimum atomic E-state index is 0. The van der Waals surface area contributed by atoms with E-state index in [0.717, 1.165) is 40.7 Å². The summed E-state index contributed by atoms with van der Waals surface area (Å²) < 4.78 is 0. The van der Waals surface area contributed by atoms with Crippen molar-refractivity contribution in [3.05, 3.63) is 50.4 Å². The number of rotatable bonds is 3. The second-order valence-electron chi connectivity index (χ2n) is 5.65. The summed E-state index contributed by atoms with van der Waals surface area (Å²) in [5.74, 6) is 0.0752. The number of aryl methyl sites for hydroxylation is 2. The Kier molecular flexibility index (Phi) is 6.63. The van der Waals surface area contributed by atoms with Gasteiger partial charge in [0.15, 0.2) is 0 Å². The van der Waals surface area contributed by atoms with Gasteiger partial charge in [-0.15, -0.1) is 23.7 Å². The Hall–Kier alpha value is -1.14. The second kappa shape index (κ2) is 8.30. The molecular formula is C17H21Cl2N3OS. The number of benzene rings is 1. The molecule has 7 heteroatoms. The summed E-state index contributed by atoms with van der Waals surface area (Å²) >= 11 is 7.64. The molecule has 0 bridgehead atoms. The van der Waals surface area contributed by atoms with Crippen molar-refractivity contribution in [2.75, 3.05) is 19.6 Å². The maximum atomic E-state index is 13.1. The van der Waals surface area contributed by atoms with E-state index < -0.39 is 0 Å². The van der Waals surface area contributed by atoms with Crippen LogP contribution in [0.25, 0.3) is 0 Å². The normalized spacial score (nSPS) is 17.5. The molecular weight excluding hydrogens is 365 g/mol. The lowest BCUT2D eigenvalue weighted by Crippen LogP contribution is -2.48. The minimum Gasteiger partial charge on any atom is -0.328 e. The monoisotopic (exact) mass is 385 g/mol. The SMILES string of the molecule is CCc1nc(C)c(C(=O)N2CCNCC2c2cccc(Cl)c2)s1.Cl. The first-order valence-corrected chi connectivity index (χ1v) is 9.03. The third-order valence-corrected chi connectivity index (χ3v) is 5.60. The maximum Gasteiger partial charge on any atom is 0.266 e. The topological polar surface area (TPSA) is 45.2 Å². The zero-order valence-corrected chi connectivity index (χ0v) is 16.1. The van der Waals surface area contributed by atoms with Gasteiger partial charge < -0.3 is 10.2 Å². The van der Waals surface area contributed by atoms with E-state index in [2.05, 4.69) is 17.2 Å². The largest absolute Gasteiger partial charge is 0.328 e. The molecule has 1 amide bonds. The van der Waals surface area contributed by atoms with Crippen LogP contribution in [0.15, 0.2) is 24.3 Å². The van der Waals surface area contributed by atoms with Crippen molar-refractivity contribution in [2.24, 2.45) is 0 Å². The Balaban J connectivity index is 0.00000208. The smallest absolute Gasteiger partial charge is 0.266 e. The van der Waals surface area contributed by atoms with Crippen LogP contribution in [0, 0.1) is 6.92 Å². The molecule has 2 aromatic rings. The Morgan fingerprint density at radius 1 is 1.50 bits per heavy atom. The lowest BCUT2D eigenvalue weighted by molar-refractivity contribution is 0.0638. The predicted octanol–water partition coefficient (Wildman–Crippen LogP) is 3.88. The van der Waals surface area contributed by atoms with Crippen LogP contribution in [0.5, 0.6) is 0 Å². The van der Waals surface area contributed by atoms with Gasteiger partial charge in [-0.3, -0.25) is 4.79 Å². The Labute approximate surface area is 157 Å². The van der Waals surface area contributed by atoms with Gasteiger partial charge in [-0.25, -0.2) is 4.98 Å². The number of carbonyl (C=O) groups excluding carboxylic acids is 1. The fraction of sp³-hybridized carbons (Fsp3) is 0.412. The highest BCUT2D eigenvalue weighted by Gasteiger charge is 2.30. The summed E-state index contributed by atoms with van der Waals surface area (Å²) in [7, 11) is 0. The lowest BCUT2D eigenvalue weighted by atomic mass is 10.0. The van der Waals surface area contributed by atoms with Gasteiger partial charge in [0.1, 0.15) is 4.88 Å². The van der Waals surface area contributed by atoms with E-state index in [1.54, 1.807) is 0 Å². The molecule has 1 N–H and O–H groups in total. The van der Waals surface area contributed by atoms with Gasteiger partial charge in [0, 0.05) is 24.7 Å². The zero-order valence-electron chi connectivity index (χ0n) is 13.7. The average Bonchev–Trinajstić information content (AvgIpc) is 2.95. The number of amides is 1. The summed E-state index contributed by atoms with van der Waals surface area (Å²) in [6, 6.07) is 7.76. The van der Waals surface area contributed by atoms with Crippen molar-refractivity contribution in [3.63, 3.8) is 0 Å². The summed E-state index contributed by atoms with van der Waals surface area (Å²) in [6.45, 7) is 6.21. The van der Waals surface area contributed by atoms with E-state index in [1.165, 1.54) is 11.3 Å². The second-order valence-corrected chi connectivity index (χ2v) is 7.17. The van der Waals surface area contributed by atoms with E-state index in [-0.39, 0.29) is 24.4 Å². The third-order valence-electron chi connectivity index (χ3n) is 4.08. The highest BCUT2D eigenvalue weighted by Crippen LogP contribution is 2.28. The molecule has 3 rings (SSSR count). The molecule has 1 unspecified atom stereocenters. The summed E-state index contributed by atoms with van der Waals surface area (Å²) in [5.41, 5.74) is 1.90. The molecule has 0 radical (unpaired) electrons. The molecule has 24 heavy (non-hydrogen) atoms. The lowest BCUT2D eigenvalue weighted by Gasteiger charge is -2.36. The molecule has 1 aliphatic heterocycles. The predicted molar refractivity (Wildman–Crippen MR) is 102 cm³/mol. The van der Waals surface area contributed by atoms with E-state index in [1.807, 2.05) is 36.1 Å². The number of aromatic nitrogens is 1. The number of hydrogen-bond donors (Lipinski definition) is 1. The molecule has 1 aromatic heterocycles. The number of halogens is 2. The van der Waals surface area contributed by atoms with Gasteiger partial charge in [-0.05, 0) is 31.0 Å². The van der Waals surface area contributed by atoms with E-state index in [9.17, 15) is 4.79 Å². The summed E-state index contributed by atoms with van der Waals surface area (Å²) in [5, 5.41) is 5.08. The first-order valence-electron chi connectivity index (χ1n) is 7.83. The molecule has 2 heterocycles. The van der Waals surface area contributed by atoms with Gasteiger partial charge >= 0.3 is 0 Å². The molecule has 1 fully saturated rings. The van der Waals surface area contributed by atoms with E-state index in [0.29, 0.717) is 11.6 Å². The summed E-state index contributed by atoms with van der Waals surface area (Å²) in [4.78, 5) is 20.3. The van der Waals surface area contributed by atoms with Crippen LogP contribution in [0.2, 0.25) is 5.02 Å². The minimum absolute atomic E-state index is 0. The summed E-state index contributed by atoms with van der Waals surface area (Å²) in [6.07, 6.45) is 0.859. The number of hydrogen-bond acceptors (Lipinski definition) is 4.